The molecule has 0 aromatic heterocycles. The lowest BCUT2D eigenvalue weighted by molar-refractivity contribution is -0.147. The normalized spacial score (nSPS) is 14.0. The van der Waals surface area contributed by atoms with Crippen LogP contribution in [0.2, 0.25) is 0 Å². The number of carbonyl (C=O) groups is 2. The minimum absolute atomic E-state index is 0.148. The summed E-state index contributed by atoms with van der Waals surface area (Å²) in [5.74, 6) is -1.68. The van der Waals surface area contributed by atoms with Crippen molar-refractivity contribution in [1.29, 1.82) is 0 Å². The molecule has 0 aliphatic carbocycles. The van der Waals surface area contributed by atoms with Crippen LogP contribution in [0.4, 0.5) is 0 Å². The quantitative estimate of drug-likeness (QED) is 0.811. The zero-order valence-corrected chi connectivity index (χ0v) is 11.9. The van der Waals surface area contributed by atoms with Crippen LogP contribution >= 0.6 is 27.5 Å². The van der Waals surface area contributed by atoms with Crippen molar-refractivity contribution in [3.8, 4) is 0 Å². The van der Waals surface area contributed by atoms with Crippen LogP contribution in [0.5, 0.6) is 0 Å². The molecule has 1 aromatic carbocycles. The van der Waals surface area contributed by atoms with Crippen molar-refractivity contribution in [1.82, 2.24) is 0 Å². The van der Waals surface area contributed by atoms with Gasteiger partial charge in [0.2, 0.25) is 0 Å². The van der Waals surface area contributed by atoms with Gasteiger partial charge in [-0.2, -0.15) is 0 Å². The lowest BCUT2D eigenvalue weighted by Crippen LogP contribution is -2.16. The zero-order valence-electron chi connectivity index (χ0n) is 9.56. The Morgan fingerprint density at radius 1 is 1.44 bits per heavy atom. The van der Waals surface area contributed by atoms with Crippen LogP contribution in [0, 0.1) is 0 Å². The standard InChI is InChI=1S/C12H12BrClO4/c1-6(15)10(14)9-7(5-13)3-2-4-8(9)11(16)12(17)18/h2-4,10-11,16H,5H2,1H3,(H,17,18). The molecule has 0 heterocycles. The molecule has 4 nitrogen and oxygen atoms in total. The van der Waals surface area contributed by atoms with Crippen LogP contribution in [-0.4, -0.2) is 22.0 Å². The van der Waals surface area contributed by atoms with Gasteiger partial charge in [-0.05, 0) is 23.6 Å². The van der Waals surface area contributed by atoms with Gasteiger partial charge in [0.1, 0.15) is 5.38 Å². The molecule has 0 aliphatic heterocycles. The molecule has 0 radical (unpaired) electrons. The number of hydrogen-bond acceptors (Lipinski definition) is 3. The summed E-state index contributed by atoms with van der Waals surface area (Å²) in [5, 5.41) is 17.9. The highest BCUT2D eigenvalue weighted by atomic mass is 79.9. The van der Waals surface area contributed by atoms with E-state index >= 15 is 0 Å². The van der Waals surface area contributed by atoms with Gasteiger partial charge in [0.05, 0.1) is 0 Å². The van der Waals surface area contributed by atoms with E-state index in [9.17, 15) is 14.7 Å². The van der Waals surface area contributed by atoms with Crippen molar-refractivity contribution in [2.24, 2.45) is 0 Å². The van der Waals surface area contributed by atoms with Gasteiger partial charge in [0.15, 0.2) is 11.9 Å². The van der Waals surface area contributed by atoms with Gasteiger partial charge in [-0.25, -0.2) is 4.79 Å². The Kier molecular flexibility index (Phi) is 5.31. The topological polar surface area (TPSA) is 74.6 Å². The first-order chi connectivity index (χ1) is 8.40. The van der Waals surface area contributed by atoms with E-state index in [0.717, 1.165) is 0 Å². The minimum Gasteiger partial charge on any atom is -0.479 e. The van der Waals surface area contributed by atoms with Crippen molar-refractivity contribution in [3.05, 3.63) is 34.9 Å². The Morgan fingerprint density at radius 3 is 2.50 bits per heavy atom. The number of benzene rings is 1. The predicted octanol–water partition coefficient (Wildman–Crippen LogP) is 2.57. The summed E-state index contributed by atoms with van der Waals surface area (Å²) >= 11 is 9.25. The molecule has 0 saturated carbocycles. The molecule has 98 valence electrons. The summed E-state index contributed by atoms with van der Waals surface area (Å²) in [6, 6.07) is 4.80. The van der Waals surface area contributed by atoms with Crippen LogP contribution < -0.4 is 0 Å². The van der Waals surface area contributed by atoms with Crippen LogP contribution in [-0.2, 0) is 14.9 Å². The van der Waals surface area contributed by atoms with Gasteiger partial charge in [-0.1, -0.05) is 34.1 Å². The summed E-state index contributed by atoms with van der Waals surface area (Å²) < 4.78 is 0. The maximum atomic E-state index is 11.4. The maximum absolute atomic E-state index is 11.4. The number of alkyl halides is 2. The molecule has 0 aliphatic rings. The predicted molar refractivity (Wildman–Crippen MR) is 70.9 cm³/mol. The summed E-state index contributed by atoms with van der Waals surface area (Å²) in [5.41, 5.74) is 1.19. The number of carboxylic acid groups (broad SMARTS) is 1. The third kappa shape index (κ3) is 3.10. The average Bonchev–Trinajstić information content (AvgIpc) is 2.35. The summed E-state index contributed by atoms with van der Waals surface area (Å²) in [6.07, 6.45) is -1.69. The van der Waals surface area contributed by atoms with E-state index in [2.05, 4.69) is 15.9 Å². The number of rotatable bonds is 5. The lowest BCUT2D eigenvalue weighted by Gasteiger charge is -2.18. The number of aliphatic hydroxyl groups excluding tert-OH is 1. The van der Waals surface area contributed by atoms with Crippen molar-refractivity contribution in [3.63, 3.8) is 0 Å². The number of carboxylic acids is 1. The highest BCUT2D eigenvalue weighted by molar-refractivity contribution is 9.08. The van der Waals surface area contributed by atoms with Crippen LogP contribution in [0.3, 0.4) is 0 Å². The molecule has 6 heteroatoms. The molecule has 1 rings (SSSR count). The van der Waals surface area contributed by atoms with E-state index in [1.807, 2.05) is 0 Å². The highest BCUT2D eigenvalue weighted by Crippen LogP contribution is 2.33. The van der Waals surface area contributed by atoms with Crippen molar-refractivity contribution in [2.45, 2.75) is 23.7 Å². The maximum Gasteiger partial charge on any atom is 0.337 e. The van der Waals surface area contributed by atoms with Crippen LogP contribution in [0.25, 0.3) is 0 Å². The van der Waals surface area contributed by atoms with Crippen molar-refractivity contribution >= 4 is 39.3 Å². The molecule has 18 heavy (non-hydrogen) atoms. The molecule has 2 N–H and O–H groups in total. The zero-order chi connectivity index (χ0) is 13.9. The average molecular weight is 336 g/mol. The molecule has 0 bridgehead atoms. The molecule has 1 aromatic rings. The Balaban J connectivity index is 3.42. The van der Waals surface area contributed by atoms with Gasteiger partial charge in [0, 0.05) is 5.33 Å². The highest BCUT2D eigenvalue weighted by Gasteiger charge is 2.26. The fourth-order valence-electron chi connectivity index (χ4n) is 1.63. The third-order valence-corrected chi connectivity index (χ3v) is 3.64. The van der Waals surface area contributed by atoms with Gasteiger partial charge in [0.25, 0.3) is 0 Å². The number of Topliss-reactive ketones (excluding diaryl/α,β-unsaturated/α-hetero) is 1. The first-order valence-electron chi connectivity index (χ1n) is 5.13. The van der Waals surface area contributed by atoms with Crippen LogP contribution in [0.1, 0.15) is 35.1 Å². The fraction of sp³-hybridized carbons (Fsp3) is 0.333. The first-order valence-corrected chi connectivity index (χ1v) is 6.69. The summed E-state index contributed by atoms with van der Waals surface area (Å²) in [7, 11) is 0. The van der Waals surface area contributed by atoms with Crippen LogP contribution in [0.15, 0.2) is 18.2 Å². The van der Waals surface area contributed by atoms with E-state index in [1.54, 1.807) is 12.1 Å². The van der Waals surface area contributed by atoms with E-state index in [-0.39, 0.29) is 11.3 Å². The number of ketones is 1. The number of hydrogen-bond donors (Lipinski definition) is 2. The first kappa shape index (κ1) is 15.1. The van der Waals surface area contributed by atoms with Gasteiger partial charge in [-0.15, -0.1) is 11.6 Å². The third-order valence-electron chi connectivity index (χ3n) is 2.51. The molecular formula is C12H12BrClO4. The minimum atomic E-state index is -1.69. The van der Waals surface area contributed by atoms with E-state index in [4.69, 9.17) is 16.7 Å². The Hall–Kier alpha value is -0.910. The molecule has 0 fully saturated rings. The molecule has 0 saturated heterocycles. The number of aliphatic carboxylic acids is 1. The lowest BCUT2D eigenvalue weighted by atomic mass is 9.94. The largest absolute Gasteiger partial charge is 0.479 e. The smallest absolute Gasteiger partial charge is 0.337 e. The van der Waals surface area contributed by atoms with Gasteiger partial charge < -0.3 is 10.2 Å². The van der Waals surface area contributed by atoms with Crippen molar-refractivity contribution < 1.29 is 19.8 Å². The summed E-state index contributed by atoms with van der Waals surface area (Å²) in [4.78, 5) is 22.2. The van der Waals surface area contributed by atoms with E-state index in [1.165, 1.54) is 13.0 Å². The Morgan fingerprint density at radius 2 is 2.06 bits per heavy atom. The second kappa shape index (κ2) is 6.31. The molecule has 0 spiro atoms. The van der Waals surface area contributed by atoms with Gasteiger partial charge >= 0.3 is 5.97 Å². The number of carbonyl (C=O) groups excluding carboxylic acids is 1. The second-order valence-electron chi connectivity index (χ2n) is 3.77. The number of halogens is 2. The van der Waals surface area contributed by atoms with Crippen molar-refractivity contribution in [2.75, 3.05) is 0 Å². The SMILES string of the molecule is CC(=O)C(Cl)c1c(CBr)cccc1C(O)C(=O)O. The molecule has 2 atom stereocenters. The Bertz CT molecular complexity index is 475. The Labute approximate surface area is 118 Å². The second-order valence-corrected chi connectivity index (χ2v) is 4.76. The number of aliphatic hydroxyl groups is 1. The van der Waals surface area contributed by atoms with E-state index in [0.29, 0.717) is 16.5 Å². The van der Waals surface area contributed by atoms with E-state index < -0.39 is 17.5 Å². The molecular weight excluding hydrogens is 323 g/mol. The monoisotopic (exact) mass is 334 g/mol. The summed E-state index contributed by atoms with van der Waals surface area (Å²) in [6.45, 7) is 1.32. The molecule has 0 amide bonds. The molecule has 2 unspecified atom stereocenters. The van der Waals surface area contributed by atoms with Gasteiger partial charge in [-0.3, -0.25) is 4.79 Å². The fourth-order valence-corrected chi connectivity index (χ4v) is 2.39.